The van der Waals surface area contributed by atoms with Gasteiger partial charge in [-0.2, -0.15) is 0 Å². The topological polar surface area (TPSA) is 62.3 Å². The number of carbonyl (C=O) groups excluding carboxylic acids is 2. The molecule has 2 rings (SSSR count). The first kappa shape index (κ1) is 15.9. The van der Waals surface area contributed by atoms with Crippen LogP contribution >= 0.6 is 11.3 Å². The molecule has 1 aromatic heterocycles. The fraction of sp³-hybridized carbons (Fsp3) is 0.667. The van der Waals surface area contributed by atoms with Gasteiger partial charge in [0.1, 0.15) is 0 Å². The summed E-state index contributed by atoms with van der Waals surface area (Å²) in [4.78, 5) is 29.8. The lowest BCUT2D eigenvalue weighted by atomic mass is 9.93. The number of aromatic nitrogens is 1. The second-order valence-electron chi connectivity index (χ2n) is 6.56. The standard InChI is InChI=1S/C15H23N3O2S/c1-10(19)18-7-5-11(6-8-18)13(20)17-14-16-12(9-21-14)15(2,3)4/h9,11H,5-8H2,1-4H3,(H,16,17,20). The van der Waals surface area contributed by atoms with E-state index >= 15 is 0 Å². The van der Waals surface area contributed by atoms with Gasteiger partial charge in [-0.25, -0.2) is 4.98 Å². The Kier molecular flexibility index (Phi) is 4.66. The van der Waals surface area contributed by atoms with Gasteiger partial charge < -0.3 is 10.2 Å². The van der Waals surface area contributed by atoms with E-state index in [4.69, 9.17) is 0 Å². The molecule has 0 radical (unpaired) electrons. The maximum absolute atomic E-state index is 12.3. The summed E-state index contributed by atoms with van der Waals surface area (Å²) >= 11 is 1.47. The highest BCUT2D eigenvalue weighted by molar-refractivity contribution is 7.13. The molecule has 0 atom stereocenters. The summed E-state index contributed by atoms with van der Waals surface area (Å²) in [5, 5.41) is 5.57. The van der Waals surface area contributed by atoms with Crippen molar-refractivity contribution in [3.63, 3.8) is 0 Å². The molecule has 0 bridgehead atoms. The third-order valence-corrected chi connectivity index (χ3v) is 4.57. The maximum atomic E-state index is 12.3. The molecule has 0 aromatic carbocycles. The van der Waals surface area contributed by atoms with Crippen molar-refractivity contribution in [1.82, 2.24) is 9.88 Å². The van der Waals surface area contributed by atoms with Crippen molar-refractivity contribution in [2.45, 2.75) is 46.0 Å². The summed E-state index contributed by atoms with van der Waals surface area (Å²) in [6.07, 6.45) is 1.45. The average Bonchev–Trinajstić information content (AvgIpc) is 2.87. The Balaban J connectivity index is 1.91. The number of piperidine rings is 1. The molecule has 0 saturated carbocycles. The van der Waals surface area contributed by atoms with Gasteiger partial charge in [0.2, 0.25) is 11.8 Å². The van der Waals surface area contributed by atoms with E-state index in [2.05, 4.69) is 31.1 Å². The number of amides is 2. The van der Waals surface area contributed by atoms with Crippen LogP contribution in [-0.4, -0.2) is 34.8 Å². The van der Waals surface area contributed by atoms with Gasteiger partial charge in [-0.15, -0.1) is 11.3 Å². The van der Waals surface area contributed by atoms with Gasteiger partial charge in [0.05, 0.1) is 5.69 Å². The number of hydrogen-bond acceptors (Lipinski definition) is 4. The highest BCUT2D eigenvalue weighted by atomic mass is 32.1. The first-order valence-corrected chi connectivity index (χ1v) is 8.17. The monoisotopic (exact) mass is 309 g/mol. The van der Waals surface area contributed by atoms with E-state index in [0.29, 0.717) is 18.2 Å². The van der Waals surface area contributed by atoms with Crippen LogP contribution in [0.25, 0.3) is 0 Å². The normalized spacial score (nSPS) is 16.9. The van der Waals surface area contributed by atoms with Gasteiger partial charge in [0.25, 0.3) is 0 Å². The molecule has 0 aliphatic carbocycles. The van der Waals surface area contributed by atoms with Crippen LogP contribution in [0, 0.1) is 5.92 Å². The van der Waals surface area contributed by atoms with Gasteiger partial charge in [0.15, 0.2) is 5.13 Å². The van der Waals surface area contributed by atoms with Crippen molar-refractivity contribution in [2.24, 2.45) is 5.92 Å². The van der Waals surface area contributed by atoms with Crippen LogP contribution in [0.3, 0.4) is 0 Å². The highest BCUT2D eigenvalue weighted by Crippen LogP contribution is 2.27. The van der Waals surface area contributed by atoms with Crippen molar-refractivity contribution in [2.75, 3.05) is 18.4 Å². The van der Waals surface area contributed by atoms with Crippen LogP contribution in [0.5, 0.6) is 0 Å². The van der Waals surface area contributed by atoms with E-state index in [1.807, 2.05) is 5.38 Å². The lowest BCUT2D eigenvalue weighted by Crippen LogP contribution is -2.40. The fourth-order valence-corrected chi connectivity index (χ4v) is 3.28. The number of thiazole rings is 1. The molecule has 116 valence electrons. The summed E-state index contributed by atoms with van der Waals surface area (Å²) in [6.45, 7) is 9.21. The summed E-state index contributed by atoms with van der Waals surface area (Å²) in [7, 11) is 0. The molecule has 21 heavy (non-hydrogen) atoms. The van der Waals surface area contributed by atoms with Gasteiger partial charge in [-0.05, 0) is 12.8 Å². The SMILES string of the molecule is CC(=O)N1CCC(C(=O)Nc2nc(C(C)(C)C)cs2)CC1. The van der Waals surface area contributed by atoms with E-state index in [9.17, 15) is 9.59 Å². The number of nitrogens with zero attached hydrogens (tertiary/aromatic N) is 2. The van der Waals surface area contributed by atoms with Crippen molar-refractivity contribution >= 4 is 28.3 Å². The molecule has 5 nitrogen and oxygen atoms in total. The lowest BCUT2D eigenvalue weighted by Gasteiger charge is -2.30. The Bertz CT molecular complexity index is 525. The minimum absolute atomic E-state index is 0.00763. The zero-order valence-electron chi connectivity index (χ0n) is 13.1. The molecule has 0 spiro atoms. The molecule has 2 heterocycles. The van der Waals surface area contributed by atoms with Gasteiger partial charge in [-0.1, -0.05) is 20.8 Å². The van der Waals surface area contributed by atoms with Gasteiger partial charge >= 0.3 is 0 Å². The van der Waals surface area contributed by atoms with E-state index in [-0.39, 0.29) is 23.1 Å². The van der Waals surface area contributed by atoms with Crippen LogP contribution in [0.15, 0.2) is 5.38 Å². The molecule has 0 unspecified atom stereocenters. The summed E-state index contributed by atoms with van der Waals surface area (Å²) in [6, 6.07) is 0. The van der Waals surface area contributed by atoms with Crippen LogP contribution < -0.4 is 5.32 Å². The Hall–Kier alpha value is -1.43. The molecule has 1 N–H and O–H groups in total. The zero-order valence-corrected chi connectivity index (χ0v) is 13.9. The molecule has 1 saturated heterocycles. The third kappa shape index (κ3) is 4.03. The van der Waals surface area contributed by atoms with Gasteiger partial charge in [-0.3, -0.25) is 9.59 Å². The van der Waals surface area contributed by atoms with Crippen LogP contribution in [0.2, 0.25) is 0 Å². The molecule has 1 aliphatic heterocycles. The molecular formula is C15H23N3O2S. The number of likely N-dealkylation sites (tertiary alicyclic amines) is 1. The van der Waals surface area contributed by atoms with Crippen molar-refractivity contribution < 1.29 is 9.59 Å². The van der Waals surface area contributed by atoms with Crippen LogP contribution in [0.4, 0.5) is 5.13 Å². The van der Waals surface area contributed by atoms with E-state index < -0.39 is 0 Å². The summed E-state index contributed by atoms with van der Waals surface area (Å²) in [5.74, 6) is 0.0826. The first-order chi connectivity index (χ1) is 9.77. The van der Waals surface area contributed by atoms with Crippen molar-refractivity contribution in [3.8, 4) is 0 Å². The lowest BCUT2D eigenvalue weighted by molar-refractivity contribution is -0.132. The van der Waals surface area contributed by atoms with E-state index in [1.54, 1.807) is 11.8 Å². The number of rotatable bonds is 2. The number of anilines is 1. The molecule has 1 aromatic rings. The van der Waals surface area contributed by atoms with Crippen molar-refractivity contribution in [1.29, 1.82) is 0 Å². The Morgan fingerprint density at radius 2 is 1.95 bits per heavy atom. The molecule has 1 aliphatic rings. The molecule has 2 amide bonds. The minimum Gasteiger partial charge on any atom is -0.343 e. The number of nitrogens with one attached hydrogen (secondary N) is 1. The predicted molar refractivity (Wildman–Crippen MR) is 84.4 cm³/mol. The van der Waals surface area contributed by atoms with E-state index in [0.717, 1.165) is 18.5 Å². The van der Waals surface area contributed by atoms with Crippen molar-refractivity contribution in [3.05, 3.63) is 11.1 Å². The third-order valence-electron chi connectivity index (χ3n) is 3.81. The predicted octanol–water partition coefficient (Wildman–Crippen LogP) is 2.64. The quantitative estimate of drug-likeness (QED) is 0.913. The summed E-state index contributed by atoms with van der Waals surface area (Å²) in [5.41, 5.74) is 0.987. The van der Waals surface area contributed by atoms with E-state index in [1.165, 1.54) is 11.3 Å². The summed E-state index contributed by atoms with van der Waals surface area (Å²) < 4.78 is 0. The zero-order chi connectivity index (χ0) is 15.6. The molecule has 1 fully saturated rings. The highest BCUT2D eigenvalue weighted by Gasteiger charge is 2.27. The molecular weight excluding hydrogens is 286 g/mol. The largest absolute Gasteiger partial charge is 0.343 e. The number of hydrogen-bond donors (Lipinski definition) is 1. The second-order valence-corrected chi connectivity index (χ2v) is 7.42. The average molecular weight is 309 g/mol. The Morgan fingerprint density at radius 1 is 1.33 bits per heavy atom. The Labute approximate surface area is 129 Å². The van der Waals surface area contributed by atoms with Crippen LogP contribution in [0.1, 0.15) is 46.2 Å². The fourth-order valence-electron chi connectivity index (χ4n) is 2.34. The maximum Gasteiger partial charge on any atom is 0.229 e. The van der Waals surface area contributed by atoms with Crippen LogP contribution in [-0.2, 0) is 15.0 Å². The Morgan fingerprint density at radius 3 is 2.43 bits per heavy atom. The number of carbonyl (C=O) groups is 2. The van der Waals surface area contributed by atoms with Gasteiger partial charge in [0, 0.05) is 36.7 Å². The minimum atomic E-state index is -0.0254. The first-order valence-electron chi connectivity index (χ1n) is 7.30. The smallest absolute Gasteiger partial charge is 0.229 e. The molecule has 6 heteroatoms. The second kappa shape index (κ2) is 6.13.